The number of piperidine rings is 1. The van der Waals surface area contributed by atoms with Gasteiger partial charge in [0, 0.05) is 23.9 Å². The van der Waals surface area contributed by atoms with Gasteiger partial charge >= 0.3 is 0 Å². The number of aromatic nitrogens is 2. The summed E-state index contributed by atoms with van der Waals surface area (Å²) >= 11 is 5.43. The van der Waals surface area contributed by atoms with Crippen LogP contribution in [0.1, 0.15) is 45.7 Å². The summed E-state index contributed by atoms with van der Waals surface area (Å²) in [6.07, 6.45) is 6.00. The third-order valence-corrected chi connectivity index (χ3v) is 4.57. The molecule has 0 unspecified atom stereocenters. The topological polar surface area (TPSA) is 24.0 Å². The standard InChI is InChI=1S/C15H27N3S/c1-15(2,3)13-11-16-14(19)18(13)10-7-12-5-8-17(4)9-6-12/h11-12H,5-10H2,1-4H3,(H,16,19). The second-order valence-electron chi connectivity index (χ2n) is 6.92. The van der Waals surface area contributed by atoms with Crippen LogP contribution in [-0.2, 0) is 12.0 Å². The SMILES string of the molecule is CN1CCC(CCn2c(C(C)(C)C)c[nH]c2=S)CC1. The lowest BCUT2D eigenvalue weighted by Crippen LogP contribution is -2.30. The Labute approximate surface area is 122 Å². The molecule has 3 nitrogen and oxygen atoms in total. The van der Waals surface area contributed by atoms with Gasteiger partial charge in [-0.3, -0.25) is 0 Å². The van der Waals surface area contributed by atoms with E-state index in [1.54, 1.807) is 0 Å². The van der Waals surface area contributed by atoms with E-state index in [1.165, 1.54) is 38.0 Å². The first kappa shape index (κ1) is 14.8. The van der Waals surface area contributed by atoms with Gasteiger partial charge in [-0.1, -0.05) is 20.8 Å². The number of aromatic amines is 1. The number of nitrogens with one attached hydrogen (secondary N) is 1. The number of rotatable bonds is 3. The van der Waals surface area contributed by atoms with Crippen LogP contribution >= 0.6 is 12.2 Å². The molecule has 0 saturated carbocycles. The first-order valence-corrected chi connectivity index (χ1v) is 7.76. The van der Waals surface area contributed by atoms with Gasteiger partial charge in [0.2, 0.25) is 0 Å². The lowest BCUT2D eigenvalue weighted by Gasteiger charge is -2.29. The van der Waals surface area contributed by atoms with E-state index in [2.05, 4.69) is 48.5 Å². The first-order chi connectivity index (χ1) is 8.88. The van der Waals surface area contributed by atoms with Crippen molar-refractivity contribution in [2.24, 2.45) is 5.92 Å². The highest BCUT2D eigenvalue weighted by atomic mass is 32.1. The molecule has 1 aromatic heterocycles. The van der Waals surface area contributed by atoms with E-state index in [1.807, 2.05) is 0 Å². The van der Waals surface area contributed by atoms with Crippen molar-refractivity contribution in [2.45, 2.75) is 52.0 Å². The van der Waals surface area contributed by atoms with Crippen LogP contribution in [0.15, 0.2) is 6.20 Å². The van der Waals surface area contributed by atoms with Crippen molar-refractivity contribution >= 4 is 12.2 Å². The Kier molecular flexibility index (Phi) is 4.51. The lowest BCUT2D eigenvalue weighted by molar-refractivity contribution is 0.207. The molecule has 4 heteroatoms. The third kappa shape index (κ3) is 3.69. The van der Waals surface area contributed by atoms with E-state index in [9.17, 15) is 0 Å². The Bertz CT molecular complexity index is 458. The minimum Gasteiger partial charge on any atom is -0.337 e. The second kappa shape index (κ2) is 5.80. The third-order valence-electron chi connectivity index (χ3n) is 4.24. The molecule has 108 valence electrons. The summed E-state index contributed by atoms with van der Waals surface area (Å²) in [5.41, 5.74) is 1.48. The van der Waals surface area contributed by atoms with Gasteiger partial charge in [0.25, 0.3) is 0 Å². The van der Waals surface area contributed by atoms with Gasteiger partial charge in [-0.2, -0.15) is 0 Å². The van der Waals surface area contributed by atoms with Gasteiger partial charge in [-0.15, -0.1) is 0 Å². The number of nitrogens with zero attached hydrogens (tertiary/aromatic N) is 2. The van der Waals surface area contributed by atoms with Gasteiger partial charge < -0.3 is 14.5 Å². The van der Waals surface area contributed by atoms with Crippen LogP contribution in [0.5, 0.6) is 0 Å². The highest BCUT2D eigenvalue weighted by Gasteiger charge is 2.21. The molecule has 1 fully saturated rings. The van der Waals surface area contributed by atoms with Crippen molar-refractivity contribution in [3.63, 3.8) is 0 Å². The fraction of sp³-hybridized carbons (Fsp3) is 0.800. The average Bonchev–Trinajstić information content (AvgIpc) is 2.70. The van der Waals surface area contributed by atoms with Crippen LogP contribution in [0.3, 0.4) is 0 Å². The van der Waals surface area contributed by atoms with Crippen LogP contribution in [-0.4, -0.2) is 34.6 Å². The molecule has 0 atom stereocenters. The maximum absolute atomic E-state index is 5.43. The fourth-order valence-corrected chi connectivity index (χ4v) is 3.15. The Morgan fingerprint density at radius 2 is 1.95 bits per heavy atom. The molecule has 0 radical (unpaired) electrons. The lowest BCUT2D eigenvalue weighted by atomic mass is 9.91. The minimum absolute atomic E-state index is 0.153. The van der Waals surface area contributed by atoms with E-state index in [0.29, 0.717) is 0 Å². The first-order valence-electron chi connectivity index (χ1n) is 7.35. The minimum atomic E-state index is 0.153. The van der Waals surface area contributed by atoms with E-state index >= 15 is 0 Å². The van der Waals surface area contributed by atoms with Crippen molar-refractivity contribution in [1.29, 1.82) is 0 Å². The van der Waals surface area contributed by atoms with Crippen molar-refractivity contribution in [3.05, 3.63) is 16.7 Å². The van der Waals surface area contributed by atoms with Gasteiger partial charge in [0.05, 0.1) is 0 Å². The van der Waals surface area contributed by atoms with Crippen LogP contribution < -0.4 is 0 Å². The predicted molar refractivity (Wildman–Crippen MR) is 83.2 cm³/mol. The summed E-state index contributed by atoms with van der Waals surface area (Å²) in [6, 6.07) is 0. The Morgan fingerprint density at radius 1 is 1.32 bits per heavy atom. The number of hydrogen-bond donors (Lipinski definition) is 1. The molecular formula is C15H27N3S. The monoisotopic (exact) mass is 281 g/mol. The molecular weight excluding hydrogens is 254 g/mol. The highest BCUT2D eigenvalue weighted by molar-refractivity contribution is 7.71. The van der Waals surface area contributed by atoms with Crippen molar-refractivity contribution in [2.75, 3.05) is 20.1 Å². The Hall–Kier alpha value is -0.610. The molecule has 1 aliphatic rings. The van der Waals surface area contributed by atoms with Gasteiger partial charge in [-0.25, -0.2) is 0 Å². The summed E-state index contributed by atoms with van der Waals surface area (Å²) in [5, 5.41) is 0. The molecule has 2 heterocycles. The maximum atomic E-state index is 5.43. The Morgan fingerprint density at radius 3 is 2.53 bits per heavy atom. The van der Waals surface area contributed by atoms with Crippen molar-refractivity contribution in [3.8, 4) is 0 Å². The van der Waals surface area contributed by atoms with Gasteiger partial charge in [-0.05, 0) is 57.5 Å². The average molecular weight is 281 g/mol. The number of H-pyrrole nitrogens is 1. The molecule has 0 amide bonds. The van der Waals surface area contributed by atoms with Crippen molar-refractivity contribution < 1.29 is 0 Å². The van der Waals surface area contributed by atoms with E-state index < -0.39 is 0 Å². The van der Waals surface area contributed by atoms with E-state index in [4.69, 9.17) is 12.2 Å². The maximum Gasteiger partial charge on any atom is 0.177 e. The molecule has 1 saturated heterocycles. The summed E-state index contributed by atoms with van der Waals surface area (Å²) in [7, 11) is 2.22. The molecule has 0 bridgehead atoms. The van der Waals surface area contributed by atoms with E-state index in [0.717, 1.165) is 17.2 Å². The highest BCUT2D eigenvalue weighted by Crippen LogP contribution is 2.25. The zero-order valence-corrected chi connectivity index (χ0v) is 13.5. The number of hydrogen-bond acceptors (Lipinski definition) is 2. The van der Waals surface area contributed by atoms with Gasteiger partial charge in [0.1, 0.15) is 0 Å². The molecule has 0 spiro atoms. The zero-order chi connectivity index (χ0) is 14.0. The smallest absolute Gasteiger partial charge is 0.177 e. The molecule has 0 aromatic carbocycles. The summed E-state index contributed by atoms with van der Waals surface area (Å²) < 4.78 is 3.17. The van der Waals surface area contributed by atoms with Crippen LogP contribution in [0, 0.1) is 10.7 Å². The largest absolute Gasteiger partial charge is 0.337 e. The normalized spacial score (nSPS) is 18.9. The number of likely N-dealkylation sites (tertiary alicyclic amines) is 1. The van der Waals surface area contributed by atoms with Gasteiger partial charge in [0.15, 0.2) is 4.77 Å². The summed E-state index contributed by atoms with van der Waals surface area (Å²) in [4.78, 5) is 5.64. The van der Waals surface area contributed by atoms with Crippen LogP contribution in [0.4, 0.5) is 0 Å². The van der Waals surface area contributed by atoms with E-state index in [-0.39, 0.29) is 5.41 Å². The molecule has 1 N–H and O–H groups in total. The number of imidazole rings is 1. The summed E-state index contributed by atoms with van der Waals surface area (Å²) in [6.45, 7) is 10.3. The fourth-order valence-electron chi connectivity index (χ4n) is 2.90. The quantitative estimate of drug-likeness (QED) is 0.856. The summed E-state index contributed by atoms with van der Waals surface area (Å²) in [5.74, 6) is 0.862. The Balaban J connectivity index is 2.00. The second-order valence-corrected chi connectivity index (χ2v) is 7.30. The predicted octanol–water partition coefficient (Wildman–Crippen LogP) is 3.58. The molecule has 19 heavy (non-hydrogen) atoms. The van der Waals surface area contributed by atoms with Crippen molar-refractivity contribution in [1.82, 2.24) is 14.5 Å². The zero-order valence-electron chi connectivity index (χ0n) is 12.7. The molecule has 2 rings (SSSR count). The van der Waals surface area contributed by atoms with Crippen LogP contribution in [0.2, 0.25) is 0 Å². The molecule has 1 aromatic rings. The van der Waals surface area contributed by atoms with Crippen LogP contribution in [0.25, 0.3) is 0 Å². The molecule has 1 aliphatic heterocycles. The molecule has 0 aliphatic carbocycles.